The molecule has 0 amide bonds. The van der Waals surface area contributed by atoms with Gasteiger partial charge in [-0.2, -0.15) is 0 Å². The van der Waals surface area contributed by atoms with Crippen molar-refractivity contribution in [3.05, 3.63) is 42.2 Å². The van der Waals surface area contributed by atoms with Gasteiger partial charge in [0.1, 0.15) is 0 Å². The number of aryl methyl sites for hydroxylation is 1. The largest absolute Gasteiger partial charge is 0.344 e. The summed E-state index contributed by atoms with van der Waals surface area (Å²) in [5.74, 6) is 0. The van der Waals surface area contributed by atoms with Crippen molar-refractivity contribution in [3.8, 4) is 0 Å². The first-order chi connectivity index (χ1) is 8.48. The van der Waals surface area contributed by atoms with Gasteiger partial charge >= 0.3 is 0 Å². The van der Waals surface area contributed by atoms with Crippen LogP contribution in [0.4, 0.5) is 0 Å². The predicted molar refractivity (Wildman–Crippen MR) is 76.9 cm³/mol. The zero-order valence-electron chi connectivity index (χ0n) is 11.4. The Bertz CT molecular complexity index is 730. The van der Waals surface area contributed by atoms with Crippen LogP contribution in [0.3, 0.4) is 0 Å². The molecule has 0 saturated carbocycles. The van der Waals surface area contributed by atoms with E-state index in [2.05, 4.69) is 61.6 Å². The minimum Gasteiger partial charge on any atom is -0.344 e. The van der Waals surface area contributed by atoms with Crippen molar-refractivity contribution < 1.29 is 0 Å². The lowest BCUT2D eigenvalue weighted by Crippen LogP contribution is -2.10. The third kappa shape index (κ3) is 1.52. The van der Waals surface area contributed by atoms with Crippen LogP contribution in [-0.2, 0) is 12.5 Å². The van der Waals surface area contributed by atoms with E-state index in [0.717, 1.165) is 0 Å². The van der Waals surface area contributed by atoms with Crippen molar-refractivity contribution in [2.24, 2.45) is 7.05 Å². The molecule has 0 bridgehead atoms. The van der Waals surface area contributed by atoms with Crippen molar-refractivity contribution in [2.75, 3.05) is 0 Å². The molecule has 0 aliphatic rings. The number of fused-ring (bicyclic) bond motifs is 3. The molecule has 18 heavy (non-hydrogen) atoms. The highest BCUT2D eigenvalue weighted by Crippen LogP contribution is 2.31. The molecule has 0 spiro atoms. The molecular weight excluding hydrogens is 220 g/mol. The van der Waals surface area contributed by atoms with Gasteiger partial charge in [-0.1, -0.05) is 26.8 Å². The molecule has 92 valence electrons. The average molecular weight is 238 g/mol. The second-order valence-electron chi connectivity index (χ2n) is 5.93. The Morgan fingerprint density at radius 3 is 2.44 bits per heavy atom. The summed E-state index contributed by atoms with van der Waals surface area (Å²) in [6.45, 7) is 6.74. The molecule has 3 rings (SSSR count). The summed E-state index contributed by atoms with van der Waals surface area (Å²) in [6.07, 6.45) is 3.82. The minimum absolute atomic E-state index is 0.179. The second-order valence-corrected chi connectivity index (χ2v) is 5.93. The van der Waals surface area contributed by atoms with Gasteiger partial charge in [-0.3, -0.25) is 4.98 Å². The van der Waals surface area contributed by atoms with Crippen LogP contribution in [0, 0.1) is 0 Å². The molecule has 2 aromatic heterocycles. The van der Waals surface area contributed by atoms with Crippen molar-refractivity contribution in [1.82, 2.24) is 9.55 Å². The molecule has 0 aliphatic carbocycles. The number of pyridine rings is 1. The fraction of sp³-hybridized carbons (Fsp3) is 0.312. The van der Waals surface area contributed by atoms with Crippen molar-refractivity contribution in [1.29, 1.82) is 0 Å². The molecule has 2 nitrogen and oxygen atoms in total. The molecule has 0 fully saturated rings. The van der Waals surface area contributed by atoms with Crippen LogP contribution < -0.4 is 0 Å². The first-order valence-corrected chi connectivity index (χ1v) is 6.31. The SMILES string of the molecule is Cn1c2ccncc2c2cc(C(C)(C)C)ccc21. The van der Waals surface area contributed by atoms with E-state index < -0.39 is 0 Å². The van der Waals surface area contributed by atoms with Crippen molar-refractivity contribution in [3.63, 3.8) is 0 Å². The van der Waals surface area contributed by atoms with Crippen LogP contribution in [0.15, 0.2) is 36.7 Å². The quantitative estimate of drug-likeness (QED) is 0.578. The Hall–Kier alpha value is -1.83. The first-order valence-electron chi connectivity index (χ1n) is 6.31. The van der Waals surface area contributed by atoms with E-state index >= 15 is 0 Å². The highest BCUT2D eigenvalue weighted by molar-refractivity contribution is 6.07. The van der Waals surface area contributed by atoms with Crippen LogP contribution in [0.1, 0.15) is 26.3 Å². The van der Waals surface area contributed by atoms with Crippen LogP contribution in [0.25, 0.3) is 21.8 Å². The highest BCUT2D eigenvalue weighted by Gasteiger charge is 2.16. The molecule has 0 saturated heterocycles. The number of hydrogen-bond donors (Lipinski definition) is 0. The molecule has 2 heterocycles. The highest BCUT2D eigenvalue weighted by atomic mass is 14.9. The molecule has 0 atom stereocenters. The van der Waals surface area contributed by atoms with Crippen molar-refractivity contribution >= 4 is 21.8 Å². The van der Waals surface area contributed by atoms with Gasteiger partial charge in [0.25, 0.3) is 0 Å². The molecule has 0 N–H and O–H groups in total. The van der Waals surface area contributed by atoms with Gasteiger partial charge in [0.15, 0.2) is 0 Å². The van der Waals surface area contributed by atoms with Gasteiger partial charge in [0, 0.05) is 35.7 Å². The summed E-state index contributed by atoms with van der Waals surface area (Å²) in [6, 6.07) is 8.83. The molecule has 1 aromatic carbocycles. The van der Waals surface area contributed by atoms with E-state index in [4.69, 9.17) is 0 Å². The zero-order chi connectivity index (χ0) is 12.9. The van der Waals surface area contributed by atoms with Gasteiger partial charge < -0.3 is 4.57 Å². The summed E-state index contributed by atoms with van der Waals surface area (Å²) in [4.78, 5) is 4.25. The van der Waals surface area contributed by atoms with E-state index in [9.17, 15) is 0 Å². The fourth-order valence-electron chi connectivity index (χ4n) is 2.53. The summed E-state index contributed by atoms with van der Waals surface area (Å²) in [7, 11) is 2.11. The Kier molecular flexibility index (Phi) is 2.24. The summed E-state index contributed by atoms with van der Waals surface area (Å²) < 4.78 is 2.23. The maximum Gasteiger partial charge on any atom is 0.0519 e. The molecule has 0 aliphatic heterocycles. The lowest BCUT2D eigenvalue weighted by atomic mass is 9.86. The third-order valence-corrected chi connectivity index (χ3v) is 3.67. The van der Waals surface area contributed by atoms with Crippen LogP contribution >= 0.6 is 0 Å². The first kappa shape index (κ1) is 11.3. The topological polar surface area (TPSA) is 17.8 Å². The maximum absolute atomic E-state index is 4.25. The Labute approximate surface area is 107 Å². The second kappa shape index (κ2) is 3.58. The monoisotopic (exact) mass is 238 g/mol. The Morgan fingerprint density at radius 1 is 1.00 bits per heavy atom. The van der Waals surface area contributed by atoms with E-state index in [0.29, 0.717) is 0 Å². The molecule has 2 heteroatoms. The molecular formula is C16H18N2. The lowest BCUT2D eigenvalue weighted by molar-refractivity contribution is 0.591. The fourth-order valence-corrected chi connectivity index (χ4v) is 2.53. The maximum atomic E-state index is 4.25. The van der Waals surface area contributed by atoms with Crippen LogP contribution in [0.2, 0.25) is 0 Å². The van der Waals surface area contributed by atoms with Crippen LogP contribution in [-0.4, -0.2) is 9.55 Å². The number of benzene rings is 1. The zero-order valence-corrected chi connectivity index (χ0v) is 11.4. The lowest BCUT2D eigenvalue weighted by Gasteiger charge is -2.19. The number of rotatable bonds is 0. The van der Waals surface area contributed by atoms with Gasteiger partial charge in [-0.15, -0.1) is 0 Å². The molecule has 3 aromatic rings. The average Bonchev–Trinajstić information content (AvgIpc) is 2.63. The standard InChI is InChI=1S/C16H18N2/c1-16(2,3)11-5-6-14-12(9-11)13-10-17-8-7-15(13)18(14)4/h5-10H,1-4H3. The number of hydrogen-bond acceptors (Lipinski definition) is 1. The Morgan fingerprint density at radius 2 is 1.72 bits per heavy atom. The third-order valence-electron chi connectivity index (χ3n) is 3.67. The van der Waals surface area contributed by atoms with Gasteiger partial charge in [0.2, 0.25) is 0 Å². The van der Waals surface area contributed by atoms with E-state index in [-0.39, 0.29) is 5.41 Å². The summed E-state index contributed by atoms with van der Waals surface area (Å²) >= 11 is 0. The summed E-state index contributed by atoms with van der Waals surface area (Å²) in [5, 5.41) is 2.54. The van der Waals surface area contributed by atoms with Gasteiger partial charge in [-0.05, 0) is 29.2 Å². The normalized spacial score (nSPS) is 12.4. The van der Waals surface area contributed by atoms with E-state index in [1.54, 1.807) is 0 Å². The molecule has 0 unspecified atom stereocenters. The number of aromatic nitrogens is 2. The predicted octanol–water partition coefficient (Wildman–Crippen LogP) is 4.02. The van der Waals surface area contributed by atoms with E-state index in [1.807, 2.05) is 12.4 Å². The van der Waals surface area contributed by atoms with Gasteiger partial charge in [0.05, 0.1) is 5.52 Å². The number of nitrogens with zero attached hydrogens (tertiary/aromatic N) is 2. The van der Waals surface area contributed by atoms with E-state index in [1.165, 1.54) is 27.4 Å². The van der Waals surface area contributed by atoms with Gasteiger partial charge in [-0.25, -0.2) is 0 Å². The summed E-state index contributed by atoms with van der Waals surface area (Å²) in [5.41, 5.74) is 4.06. The Balaban J connectivity index is 2.44. The smallest absolute Gasteiger partial charge is 0.0519 e. The molecule has 0 radical (unpaired) electrons. The van der Waals surface area contributed by atoms with Crippen LogP contribution in [0.5, 0.6) is 0 Å². The van der Waals surface area contributed by atoms with Crippen molar-refractivity contribution in [2.45, 2.75) is 26.2 Å². The minimum atomic E-state index is 0.179.